The summed E-state index contributed by atoms with van der Waals surface area (Å²) in [6, 6.07) is 0. The Balaban J connectivity index is 1.94. The molecule has 1 amide bonds. The summed E-state index contributed by atoms with van der Waals surface area (Å²) in [6.07, 6.45) is 5.50. The molecule has 2 rings (SSSR count). The van der Waals surface area contributed by atoms with E-state index < -0.39 is 11.5 Å². The highest BCUT2D eigenvalue weighted by Crippen LogP contribution is 2.38. The summed E-state index contributed by atoms with van der Waals surface area (Å²) in [5.74, 6) is -0.790. The third kappa shape index (κ3) is 5.18. The van der Waals surface area contributed by atoms with Gasteiger partial charge in [-0.3, -0.25) is 14.5 Å². The van der Waals surface area contributed by atoms with E-state index >= 15 is 0 Å². The number of aliphatic carboxylic acids is 1. The minimum Gasteiger partial charge on any atom is -0.481 e. The van der Waals surface area contributed by atoms with Crippen molar-refractivity contribution in [3.05, 3.63) is 0 Å². The van der Waals surface area contributed by atoms with Gasteiger partial charge < -0.3 is 15.2 Å². The molecule has 2 fully saturated rings. The molecule has 0 unspecified atom stereocenters. The Kier molecular flexibility index (Phi) is 6.03. The molecule has 2 aliphatic rings. The first-order valence-corrected chi connectivity index (χ1v) is 8.69. The number of carboxylic acid groups (broad SMARTS) is 1. The van der Waals surface area contributed by atoms with Gasteiger partial charge in [-0.05, 0) is 33.1 Å². The third-order valence-corrected chi connectivity index (χ3v) is 5.15. The van der Waals surface area contributed by atoms with Gasteiger partial charge >= 0.3 is 5.97 Å². The van der Waals surface area contributed by atoms with Crippen LogP contribution in [0.25, 0.3) is 0 Å². The molecule has 0 spiro atoms. The van der Waals surface area contributed by atoms with E-state index in [1.807, 2.05) is 13.8 Å². The summed E-state index contributed by atoms with van der Waals surface area (Å²) in [5, 5.41) is 11.9. The van der Waals surface area contributed by atoms with E-state index in [4.69, 9.17) is 9.84 Å². The molecule has 1 aliphatic heterocycles. The molecule has 1 saturated heterocycles. The predicted octanol–water partition coefficient (Wildman–Crippen LogP) is 1.78. The van der Waals surface area contributed by atoms with E-state index in [-0.39, 0.29) is 17.9 Å². The second-order valence-corrected chi connectivity index (χ2v) is 7.53. The summed E-state index contributed by atoms with van der Waals surface area (Å²) in [6.45, 7) is 7.07. The number of morpholine rings is 1. The highest BCUT2D eigenvalue weighted by atomic mass is 16.5. The van der Waals surface area contributed by atoms with Crippen LogP contribution in [0.15, 0.2) is 0 Å². The van der Waals surface area contributed by atoms with Crippen LogP contribution in [-0.4, -0.2) is 59.3 Å². The van der Waals surface area contributed by atoms with Gasteiger partial charge in [0.05, 0.1) is 13.2 Å². The highest BCUT2D eigenvalue weighted by molar-refractivity contribution is 5.78. The monoisotopic (exact) mass is 326 g/mol. The summed E-state index contributed by atoms with van der Waals surface area (Å²) in [7, 11) is 0. The van der Waals surface area contributed by atoms with Crippen molar-refractivity contribution in [2.45, 2.75) is 69.9 Å². The predicted molar refractivity (Wildman–Crippen MR) is 87.3 cm³/mol. The fourth-order valence-corrected chi connectivity index (χ4v) is 3.88. The van der Waals surface area contributed by atoms with Gasteiger partial charge in [0.15, 0.2) is 0 Å². The molecule has 6 nitrogen and oxygen atoms in total. The zero-order chi connectivity index (χ0) is 16.9. The van der Waals surface area contributed by atoms with Gasteiger partial charge in [0.25, 0.3) is 0 Å². The molecular weight excluding hydrogens is 296 g/mol. The van der Waals surface area contributed by atoms with Gasteiger partial charge in [-0.1, -0.05) is 12.8 Å². The van der Waals surface area contributed by atoms with Gasteiger partial charge in [0.1, 0.15) is 0 Å². The Morgan fingerprint density at radius 3 is 2.39 bits per heavy atom. The van der Waals surface area contributed by atoms with Crippen molar-refractivity contribution in [1.82, 2.24) is 10.2 Å². The lowest BCUT2D eigenvalue weighted by Crippen LogP contribution is -2.55. The third-order valence-electron chi connectivity index (χ3n) is 5.15. The average molecular weight is 326 g/mol. The van der Waals surface area contributed by atoms with Crippen LogP contribution in [-0.2, 0) is 14.3 Å². The lowest BCUT2D eigenvalue weighted by atomic mass is 9.89. The van der Waals surface area contributed by atoms with Gasteiger partial charge in [0.2, 0.25) is 5.91 Å². The van der Waals surface area contributed by atoms with Crippen molar-refractivity contribution in [2.75, 3.05) is 26.3 Å². The number of amides is 1. The molecule has 0 aromatic rings. The number of hydrogen-bond donors (Lipinski definition) is 2. The number of hydrogen-bond acceptors (Lipinski definition) is 4. The quantitative estimate of drug-likeness (QED) is 0.745. The number of carbonyl (C=O) groups excluding carboxylic acids is 1. The van der Waals surface area contributed by atoms with Crippen LogP contribution < -0.4 is 5.32 Å². The Bertz CT molecular complexity index is 424. The molecule has 1 saturated carbocycles. The number of rotatable bonds is 7. The molecule has 2 N–H and O–H groups in total. The molecule has 23 heavy (non-hydrogen) atoms. The first kappa shape index (κ1) is 18.2. The lowest BCUT2D eigenvalue weighted by Gasteiger charge is -2.43. The largest absolute Gasteiger partial charge is 0.481 e. The summed E-state index contributed by atoms with van der Waals surface area (Å²) in [4.78, 5) is 25.8. The second-order valence-electron chi connectivity index (χ2n) is 7.53. The molecule has 0 bridgehead atoms. The van der Waals surface area contributed by atoms with Crippen LogP contribution in [0.5, 0.6) is 0 Å². The van der Waals surface area contributed by atoms with E-state index in [1.54, 1.807) is 0 Å². The molecule has 1 heterocycles. The van der Waals surface area contributed by atoms with Crippen molar-refractivity contribution in [3.63, 3.8) is 0 Å². The number of carbonyl (C=O) groups is 2. The Morgan fingerprint density at radius 1 is 1.22 bits per heavy atom. The van der Waals surface area contributed by atoms with Crippen molar-refractivity contribution in [2.24, 2.45) is 0 Å². The fourth-order valence-electron chi connectivity index (χ4n) is 3.88. The molecule has 0 aromatic carbocycles. The van der Waals surface area contributed by atoms with Crippen LogP contribution >= 0.6 is 0 Å². The van der Waals surface area contributed by atoms with Gasteiger partial charge in [-0.15, -0.1) is 0 Å². The normalized spacial score (nSPS) is 22.0. The standard InChI is InChI=1S/C17H30N2O4/c1-16(2,8-5-15(21)22)18-14(20)13-17(6-3-4-7-17)19-9-11-23-12-10-19/h3-13H2,1-2H3,(H,18,20)(H,21,22). The Morgan fingerprint density at radius 2 is 1.83 bits per heavy atom. The number of nitrogens with zero attached hydrogens (tertiary/aromatic N) is 1. The second kappa shape index (κ2) is 7.62. The number of carboxylic acids is 1. The Labute approximate surface area is 138 Å². The molecule has 6 heteroatoms. The molecule has 132 valence electrons. The van der Waals surface area contributed by atoms with Crippen molar-refractivity contribution in [1.29, 1.82) is 0 Å². The minimum atomic E-state index is -0.826. The van der Waals surface area contributed by atoms with Crippen LogP contribution in [0.2, 0.25) is 0 Å². The molecule has 0 aromatic heterocycles. The maximum Gasteiger partial charge on any atom is 0.303 e. The molecule has 0 radical (unpaired) electrons. The van der Waals surface area contributed by atoms with E-state index in [2.05, 4.69) is 10.2 Å². The fraction of sp³-hybridized carbons (Fsp3) is 0.882. The smallest absolute Gasteiger partial charge is 0.303 e. The minimum absolute atomic E-state index is 0.0310. The zero-order valence-corrected chi connectivity index (χ0v) is 14.4. The van der Waals surface area contributed by atoms with Gasteiger partial charge in [-0.2, -0.15) is 0 Å². The zero-order valence-electron chi connectivity index (χ0n) is 14.4. The Hall–Kier alpha value is -1.14. The number of ether oxygens (including phenoxy) is 1. The van der Waals surface area contributed by atoms with E-state index in [1.165, 1.54) is 12.8 Å². The first-order valence-electron chi connectivity index (χ1n) is 8.69. The molecular formula is C17H30N2O4. The van der Waals surface area contributed by atoms with Gasteiger partial charge in [0, 0.05) is 37.0 Å². The topological polar surface area (TPSA) is 78.9 Å². The summed E-state index contributed by atoms with van der Waals surface area (Å²) in [5.41, 5.74) is -0.517. The van der Waals surface area contributed by atoms with E-state index in [0.29, 0.717) is 12.8 Å². The van der Waals surface area contributed by atoms with Crippen molar-refractivity contribution in [3.8, 4) is 0 Å². The SMILES string of the molecule is CC(C)(CCC(=O)O)NC(=O)CC1(N2CCOCC2)CCCC1. The lowest BCUT2D eigenvalue weighted by molar-refractivity contribution is -0.138. The van der Waals surface area contributed by atoms with Gasteiger partial charge in [-0.25, -0.2) is 0 Å². The maximum atomic E-state index is 12.6. The van der Waals surface area contributed by atoms with Crippen LogP contribution in [0.3, 0.4) is 0 Å². The summed E-state index contributed by atoms with van der Waals surface area (Å²) >= 11 is 0. The summed E-state index contributed by atoms with van der Waals surface area (Å²) < 4.78 is 5.45. The molecule has 0 atom stereocenters. The van der Waals surface area contributed by atoms with Crippen molar-refractivity contribution < 1.29 is 19.4 Å². The van der Waals surface area contributed by atoms with Crippen LogP contribution in [0, 0.1) is 0 Å². The average Bonchev–Trinajstić information content (AvgIpc) is 2.95. The van der Waals surface area contributed by atoms with Crippen LogP contribution in [0.4, 0.5) is 0 Å². The van der Waals surface area contributed by atoms with Crippen molar-refractivity contribution >= 4 is 11.9 Å². The maximum absolute atomic E-state index is 12.6. The first-order chi connectivity index (χ1) is 10.8. The molecule has 1 aliphatic carbocycles. The highest BCUT2D eigenvalue weighted by Gasteiger charge is 2.42. The van der Waals surface area contributed by atoms with E-state index in [9.17, 15) is 9.59 Å². The number of nitrogens with one attached hydrogen (secondary N) is 1. The van der Waals surface area contributed by atoms with Crippen LogP contribution in [0.1, 0.15) is 58.8 Å². The van der Waals surface area contributed by atoms with E-state index in [0.717, 1.165) is 39.1 Å².